The molecular weight excluding hydrogens is 282 g/mol. The zero-order valence-electron chi connectivity index (χ0n) is 10.5. The molecule has 0 atom stereocenters. The van der Waals surface area contributed by atoms with Crippen molar-refractivity contribution < 1.29 is 9.53 Å². The first-order valence-corrected chi connectivity index (χ1v) is 7.00. The van der Waals surface area contributed by atoms with Crippen molar-refractivity contribution in [3.05, 3.63) is 51.2 Å². The minimum absolute atomic E-state index is 0.212. The number of hydrogen-bond donors (Lipinski definition) is 1. The number of rotatable bonds is 5. The van der Waals surface area contributed by atoms with Gasteiger partial charge in [-0.1, -0.05) is 17.7 Å². The molecule has 2 aromatic rings. The molecule has 0 aliphatic heterocycles. The summed E-state index contributed by atoms with van der Waals surface area (Å²) < 4.78 is 4.64. The summed E-state index contributed by atoms with van der Waals surface area (Å²) in [4.78, 5) is 13.3. The van der Waals surface area contributed by atoms with Gasteiger partial charge in [-0.2, -0.15) is 0 Å². The Morgan fingerprint density at radius 3 is 2.84 bits per heavy atom. The maximum atomic E-state index is 11.2. The fourth-order valence-corrected chi connectivity index (χ4v) is 2.75. The van der Waals surface area contributed by atoms with E-state index in [0.29, 0.717) is 18.0 Å². The van der Waals surface area contributed by atoms with E-state index in [1.165, 1.54) is 12.0 Å². The van der Waals surface area contributed by atoms with E-state index in [2.05, 4.69) is 10.1 Å². The minimum atomic E-state index is -0.212. The van der Waals surface area contributed by atoms with Crippen LogP contribution in [0.2, 0.25) is 5.02 Å². The minimum Gasteiger partial charge on any atom is -0.469 e. The Balaban J connectivity index is 1.91. The number of esters is 1. The van der Waals surface area contributed by atoms with Gasteiger partial charge in [0.1, 0.15) is 0 Å². The van der Waals surface area contributed by atoms with Gasteiger partial charge in [0, 0.05) is 27.0 Å². The summed E-state index contributed by atoms with van der Waals surface area (Å²) in [6, 6.07) is 11.6. The third-order valence-corrected chi connectivity index (χ3v) is 3.88. The third kappa shape index (κ3) is 4.26. The summed E-state index contributed by atoms with van der Waals surface area (Å²) in [6.07, 6.45) is 0.332. The smallest absolute Gasteiger partial charge is 0.310 e. The number of hydrogen-bond acceptors (Lipinski definition) is 4. The van der Waals surface area contributed by atoms with Gasteiger partial charge in [-0.3, -0.25) is 4.79 Å². The van der Waals surface area contributed by atoms with Gasteiger partial charge in [0.15, 0.2) is 0 Å². The maximum absolute atomic E-state index is 11.2. The predicted molar refractivity (Wildman–Crippen MR) is 78.8 cm³/mol. The summed E-state index contributed by atoms with van der Waals surface area (Å²) in [5.74, 6) is -0.212. The molecule has 0 spiro atoms. The average Bonchev–Trinajstić information content (AvgIpc) is 2.84. The average molecular weight is 296 g/mol. The number of benzene rings is 1. The van der Waals surface area contributed by atoms with Crippen molar-refractivity contribution >= 4 is 34.6 Å². The molecule has 2 rings (SSSR count). The molecular formula is C14H14ClNO2S. The molecule has 0 fully saturated rings. The molecule has 0 aliphatic rings. The van der Waals surface area contributed by atoms with E-state index in [1.807, 2.05) is 36.4 Å². The molecule has 0 unspecified atom stereocenters. The molecule has 100 valence electrons. The van der Waals surface area contributed by atoms with Crippen molar-refractivity contribution in [3.63, 3.8) is 0 Å². The predicted octanol–water partition coefficient (Wildman–Crippen LogP) is 3.73. The van der Waals surface area contributed by atoms with E-state index in [4.69, 9.17) is 11.6 Å². The van der Waals surface area contributed by atoms with Gasteiger partial charge in [-0.15, -0.1) is 11.3 Å². The number of carbonyl (C=O) groups excluding carboxylic acids is 1. The highest BCUT2D eigenvalue weighted by Crippen LogP contribution is 2.20. The SMILES string of the molecule is COC(=O)Cc1ccc(CNc2cccc(Cl)c2)s1. The van der Waals surface area contributed by atoms with Crippen LogP contribution in [0.4, 0.5) is 5.69 Å². The van der Waals surface area contributed by atoms with Crippen molar-refractivity contribution in [1.82, 2.24) is 0 Å². The molecule has 0 saturated heterocycles. The van der Waals surface area contributed by atoms with Crippen LogP contribution in [0.15, 0.2) is 36.4 Å². The van der Waals surface area contributed by atoms with Gasteiger partial charge >= 0.3 is 5.97 Å². The van der Waals surface area contributed by atoms with E-state index in [9.17, 15) is 4.79 Å². The molecule has 1 heterocycles. The number of halogens is 1. The lowest BCUT2D eigenvalue weighted by molar-refractivity contribution is -0.139. The highest BCUT2D eigenvalue weighted by Gasteiger charge is 2.06. The normalized spacial score (nSPS) is 10.2. The van der Waals surface area contributed by atoms with Crippen molar-refractivity contribution in [2.75, 3.05) is 12.4 Å². The van der Waals surface area contributed by atoms with Crippen LogP contribution in [0, 0.1) is 0 Å². The number of thiophene rings is 1. The standard InChI is InChI=1S/C14H14ClNO2S/c1-18-14(17)8-12-5-6-13(19-12)9-16-11-4-2-3-10(15)7-11/h2-7,16H,8-9H2,1H3. The summed E-state index contributed by atoms with van der Waals surface area (Å²) in [7, 11) is 1.40. The Morgan fingerprint density at radius 2 is 2.11 bits per heavy atom. The van der Waals surface area contributed by atoms with Gasteiger partial charge in [0.05, 0.1) is 13.5 Å². The molecule has 1 aromatic carbocycles. The van der Waals surface area contributed by atoms with E-state index >= 15 is 0 Å². The lowest BCUT2D eigenvalue weighted by Gasteiger charge is -2.04. The Labute approximate surface area is 121 Å². The zero-order chi connectivity index (χ0) is 13.7. The topological polar surface area (TPSA) is 38.3 Å². The molecule has 0 saturated carbocycles. The van der Waals surface area contributed by atoms with E-state index < -0.39 is 0 Å². The van der Waals surface area contributed by atoms with Gasteiger partial charge in [-0.25, -0.2) is 0 Å². The molecule has 3 nitrogen and oxygen atoms in total. The first-order valence-electron chi connectivity index (χ1n) is 5.81. The van der Waals surface area contributed by atoms with Crippen LogP contribution < -0.4 is 5.32 Å². The summed E-state index contributed by atoms with van der Waals surface area (Å²) in [5, 5.41) is 4.00. The van der Waals surface area contributed by atoms with Crippen LogP contribution in [0.1, 0.15) is 9.75 Å². The van der Waals surface area contributed by atoms with Crippen LogP contribution in [0.5, 0.6) is 0 Å². The monoisotopic (exact) mass is 295 g/mol. The second-order valence-electron chi connectivity index (χ2n) is 3.98. The second-order valence-corrected chi connectivity index (χ2v) is 5.67. The summed E-state index contributed by atoms with van der Waals surface area (Å²) in [5.41, 5.74) is 0.982. The van der Waals surface area contributed by atoms with Gasteiger partial charge < -0.3 is 10.1 Å². The first-order chi connectivity index (χ1) is 9.17. The van der Waals surface area contributed by atoms with Crippen LogP contribution in [-0.4, -0.2) is 13.1 Å². The third-order valence-electron chi connectivity index (χ3n) is 2.55. The zero-order valence-corrected chi connectivity index (χ0v) is 12.1. The molecule has 0 radical (unpaired) electrons. The van der Waals surface area contributed by atoms with E-state index in [-0.39, 0.29) is 5.97 Å². The summed E-state index contributed by atoms with van der Waals surface area (Å²) in [6.45, 7) is 0.714. The maximum Gasteiger partial charge on any atom is 0.310 e. The number of anilines is 1. The molecule has 0 amide bonds. The molecule has 5 heteroatoms. The Kier molecular flexibility index (Phi) is 4.82. The van der Waals surface area contributed by atoms with Crippen LogP contribution in [0.25, 0.3) is 0 Å². The van der Waals surface area contributed by atoms with Crippen molar-refractivity contribution in [3.8, 4) is 0 Å². The fraction of sp³-hybridized carbons (Fsp3) is 0.214. The number of ether oxygens (including phenoxy) is 1. The highest BCUT2D eigenvalue weighted by molar-refractivity contribution is 7.12. The highest BCUT2D eigenvalue weighted by atomic mass is 35.5. The van der Waals surface area contributed by atoms with Gasteiger partial charge in [-0.05, 0) is 30.3 Å². The molecule has 0 aliphatic carbocycles. The Hall–Kier alpha value is -1.52. The Morgan fingerprint density at radius 1 is 1.32 bits per heavy atom. The number of nitrogens with one attached hydrogen (secondary N) is 1. The first kappa shape index (κ1) is 13.9. The molecule has 0 bridgehead atoms. The van der Waals surface area contributed by atoms with Crippen molar-refractivity contribution in [2.45, 2.75) is 13.0 Å². The quantitative estimate of drug-likeness (QED) is 0.854. The van der Waals surface area contributed by atoms with Crippen molar-refractivity contribution in [1.29, 1.82) is 0 Å². The number of methoxy groups -OCH3 is 1. The molecule has 1 N–H and O–H groups in total. The Bertz CT molecular complexity index is 568. The van der Waals surface area contributed by atoms with E-state index in [0.717, 1.165) is 10.6 Å². The molecule has 19 heavy (non-hydrogen) atoms. The second kappa shape index (κ2) is 6.59. The van der Waals surface area contributed by atoms with Crippen molar-refractivity contribution in [2.24, 2.45) is 0 Å². The largest absolute Gasteiger partial charge is 0.469 e. The van der Waals surface area contributed by atoms with Crippen LogP contribution in [0.3, 0.4) is 0 Å². The van der Waals surface area contributed by atoms with Gasteiger partial charge in [0.2, 0.25) is 0 Å². The van der Waals surface area contributed by atoms with Crippen LogP contribution >= 0.6 is 22.9 Å². The number of carbonyl (C=O) groups is 1. The van der Waals surface area contributed by atoms with Gasteiger partial charge in [0.25, 0.3) is 0 Å². The molecule has 1 aromatic heterocycles. The van der Waals surface area contributed by atoms with Crippen LogP contribution in [-0.2, 0) is 22.5 Å². The van der Waals surface area contributed by atoms with E-state index in [1.54, 1.807) is 11.3 Å². The lowest BCUT2D eigenvalue weighted by Crippen LogP contribution is -2.02. The summed E-state index contributed by atoms with van der Waals surface area (Å²) >= 11 is 7.52. The lowest BCUT2D eigenvalue weighted by atomic mass is 10.3. The fourth-order valence-electron chi connectivity index (χ4n) is 1.61.